The molecule has 0 atom stereocenters. The quantitative estimate of drug-likeness (QED) is 0.763. The summed E-state index contributed by atoms with van der Waals surface area (Å²) >= 11 is 5.39. The number of halogens is 1. The summed E-state index contributed by atoms with van der Waals surface area (Å²) in [5, 5.41) is 18.5. The molecule has 0 aliphatic heterocycles. The summed E-state index contributed by atoms with van der Waals surface area (Å²) in [6.07, 6.45) is 4.01. The number of aliphatic hydroxyl groups is 1. The zero-order valence-electron chi connectivity index (χ0n) is 7.95. The first-order chi connectivity index (χ1) is 6.60. The summed E-state index contributed by atoms with van der Waals surface area (Å²) in [6, 6.07) is 0. The van der Waals surface area contributed by atoms with Gasteiger partial charge >= 0.3 is 5.97 Å². The van der Waals surface area contributed by atoms with Gasteiger partial charge in [0.25, 0.3) is 0 Å². The van der Waals surface area contributed by atoms with E-state index >= 15 is 0 Å². The Morgan fingerprint density at radius 1 is 1.50 bits per heavy atom. The Labute approximate surface area is 88.4 Å². The number of hydrogen-bond acceptors (Lipinski definition) is 2. The van der Waals surface area contributed by atoms with Crippen molar-refractivity contribution in [2.24, 2.45) is 5.41 Å². The van der Waals surface area contributed by atoms with Crippen molar-refractivity contribution in [3.05, 3.63) is 11.6 Å². The average molecular weight is 219 g/mol. The van der Waals surface area contributed by atoms with Crippen LogP contribution in [0.3, 0.4) is 0 Å². The van der Waals surface area contributed by atoms with E-state index in [2.05, 4.69) is 0 Å². The van der Waals surface area contributed by atoms with Gasteiger partial charge in [-0.25, -0.2) is 0 Å². The Hall–Kier alpha value is -0.540. The third kappa shape index (κ3) is 2.49. The summed E-state index contributed by atoms with van der Waals surface area (Å²) in [5.41, 5.74) is 0.653. The minimum Gasteiger partial charge on any atom is -0.481 e. The molecule has 1 rings (SSSR count). The van der Waals surface area contributed by atoms with Crippen LogP contribution < -0.4 is 0 Å². The van der Waals surface area contributed by atoms with Crippen molar-refractivity contribution in [1.29, 1.82) is 0 Å². The van der Waals surface area contributed by atoms with Crippen LogP contribution in [0.4, 0.5) is 0 Å². The molecule has 1 aliphatic carbocycles. The zero-order chi connectivity index (χ0) is 10.6. The van der Waals surface area contributed by atoms with Crippen LogP contribution in [0.2, 0.25) is 0 Å². The molecule has 0 bridgehead atoms. The topological polar surface area (TPSA) is 57.5 Å². The minimum absolute atomic E-state index is 0.331. The molecule has 1 saturated carbocycles. The van der Waals surface area contributed by atoms with Gasteiger partial charge in [-0.15, -0.1) is 0 Å². The molecule has 0 saturated heterocycles. The third-order valence-corrected chi connectivity index (χ3v) is 3.14. The molecular formula is C10H15ClO3. The first-order valence-corrected chi connectivity index (χ1v) is 5.21. The molecule has 1 aliphatic rings. The van der Waals surface area contributed by atoms with Crippen LogP contribution in [0.25, 0.3) is 0 Å². The number of carboxylic acid groups (broad SMARTS) is 1. The SMILES string of the molecule is O=C(O)C1(C/C=C/Cl)CCC(O)CC1. The molecule has 0 aromatic carbocycles. The summed E-state index contributed by atoms with van der Waals surface area (Å²) in [5.74, 6) is -0.779. The van der Waals surface area contributed by atoms with Gasteiger partial charge in [-0.2, -0.15) is 0 Å². The van der Waals surface area contributed by atoms with Crippen molar-refractivity contribution in [1.82, 2.24) is 0 Å². The highest BCUT2D eigenvalue weighted by Crippen LogP contribution is 2.40. The summed E-state index contributed by atoms with van der Waals surface area (Å²) < 4.78 is 0. The van der Waals surface area contributed by atoms with E-state index in [4.69, 9.17) is 16.7 Å². The van der Waals surface area contributed by atoms with E-state index in [0.717, 1.165) is 0 Å². The first-order valence-electron chi connectivity index (χ1n) is 4.77. The van der Waals surface area contributed by atoms with Gasteiger partial charge in [0.05, 0.1) is 11.5 Å². The van der Waals surface area contributed by atoms with Gasteiger partial charge in [-0.1, -0.05) is 17.7 Å². The van der Waals surface area contributed by atoms with Gasteiger partial charge in [-0.3, -0.25) is 4.79 Å². The van der Waals surface area contributed by atoms with Gasteiger partial charge in [0, 0.05) is 5.54 Å². The summed E-state index contributed by atoms with van der Waals surface area (Å²) in [7, 11) is 0. The molecule has 3 nitrogen and oxygen atoms in total. The molecule has 0 radical (unpaired) electrons. The monoisotopic (exact) mass is 218 g/mol. The smallest absolute Gasteiger partial charge is 0.309 e. The van der Waals surface area contributed by atoms with E-state index in [1.54, 1.807) is 6.08 Å². The first kappa shape index (κ1) is 11.5. The standard InChI is InChI=1S/C10H15ClO3/c11-7-1-4-10(9(13)14)5-2-8(12)3-6-10/h1,7-8,12H,2-6H2,(H,13,14)/b7-1+. The number of carbonyl (C=O) groups is 1. The second kappa shape index (κ2) is 4.80. The van der Waals surface area contributed by atoms with E-state index < -0.39 is 11.4 Å². The van der Waals surface area contributed by atoms with Gasteiger partial charge in [0.2, 0.25) is 0 Å². The molecule has 4 heteroatoms. The Morgan fingerprint density at radius 3 is 2.50 bits per heavy atom. The number of allylic oxidation sites excluding steroid dienone is 1. The van der Waals surface area contributed by atoms with Gasteiger partial charge in [0.1, 0.15) is 0 Å². The molecule has 0 aromatic heterocycles. The van der Waals surface area contributed by atoms with Crippen LogP contribution in [0.15, 0.2) is 11.6 Å². The highest BCUT2D eigenvalue weighted by molar-refractivity contribution is 6.25. The van der Waals surface area contributed by atoms with Crippen LogP contribution in [0.5, 0.6) is 0 Å². The molecule has 0 amide bonds. The average Bonchev–Trinajstić information content (AvgIpc) is 2.17. The Morgan fingerprint density at radius 2 is 2.07 bits per heavy atom. The molecule has 80 valence electrons. The van der Waals surface area contributed by atoms with Crippen molar-refractivity contribution < 1.29 is 15.0 Å². The predicted molar refractivity (Wildman–Crippen MR) is 54.2 cm³/mol. The Kier molecular flexibility index (Phi) is 3.96. The fourth-order valence-electron chi connectivity index (χ4n) is 1.93. The Balaban J connectivity index is 2.68. The highest BCUT2D eigenvalue weighted by atomic mass is 35.5. The van der Waals surface area contributed by atoms with Crippen molar-refractivity contribution >= 4 is 17.6 Å². The number of rotatable bonds is 3. The summed E-state index contributed by atoms with van der Waals surface area (Å²) in [6.45, 7) is 0. The van der Waals surface area contributed by atoms with Crippen LogP contribution >= 0.6 is 11.6 Å². The molecule has 0 unspecified atom stereocenters. The van der Waals surface area contributed by atoms with Crippen LogP contribution in [0.1, 0.15) is 32.1 Å². The van der Waals surface area contributed by atoms with E-state index in [1.807, 2.05) is 0 Å². The van der Waals surface area contributed by atoms with Gasteiger partial charge < -0.3 is 10.2 Å². The maximum Gasteiger partial charge on any atom is 0.309 e. The maximum absolute atomic E-state index is 11.1. The normalized spacial score (nSPS) is 33.4. The van der Waals surface area contributed by atoms with E-state index in [0.29, 0.717) is 32.1 Å². The lowest BCUT2D eigenvalue weighted by molar-refractivity contribution is -0.152. The van der Waals surface area contributed by atoms with Gasteiger partial charge in [-0.05, 0) is 32.1 Å². The second-order valence-corrected chi connectivity index (χ2v) is 4.13. The summed E-state index contributed by atoms with van der Waals surface area (Å²) in [4.78, 5) is 11.1. The van der Waals surface area contributed by atoms with Crippen molar-refractivity contribution in [2.45, 2.75) is 38.2 Å². The van der Waals surface area contributed by atoms with E-state index in [1.165, 1.54) is 5.54 Å². The highest BCUT2D eigenvalue weighted by Gasteiger charge is 2.40. The van der Waals surface area contributed by atoms with E-state index in [9.17, 15) is 9.90 Å². The molecular weight excluding hydrogens is 204 g/mol. The molecule has 2 N–H and O–H groups in total. The maximum atomic E-state index is 11.1. The predicted octanol–water partition coefficient (Wildman–Crippen LogP) is 2.13. The lowest BCUT2D eigenvalue weighted by atomic mass is 9.71. The molecule has 0 heterocycles. The van der Waals surface area contributed by atoms with Crippen LogP contribution in [-0.4, -0.2) is 22.3 Å². The number of carboxylic acids is 1. The van der Waals surface area contributed by atoms with Crippen molar-refractivity contribution in [2.75, 3.05) is 0 Å². The second-order valence-electron chi connectivity index (χ2n) is 3.88. The van der Waals surface area contributed by atoms with Crippen molar-refractivity contribution in [3.8, 4) is 0 Å². The number of hydrogen-bond donors (Lipinski definition) is 2. The Bertz CT molecular complexity index is 230. The minimum atomic E-state index is -0.779. The zero-order valence-corrected chi connectivity index (χ0v) is 8.70. The molecule has 0 spiro atoms. The lowest BCUT2D eigenvalue weighted by Crippen LogP contribution is -2.36. The third-order valence-electron chi connectivity index (χ3n) is 2.96. The van der Waals surface area contributed by atoms with Crippen LogP contribution in [-0.2, 0) is 4.79 Å². The number of aliphatic hydroxyl groups excluding tert-OH is 1. The molecule has 0 aromatic rings. The van der Waals surface area contributed by atoms with Crippen LogP contribution in [0, 0.1) is 5.41 Å². The fourth-order valence-corrected chi connectivity index (χ4v) is 2.02. The number of aliphatic carboxylic acids is 1. The van der Waals surface area contributed by atoms with Crippen molar-refractivity contribution in [3.63, 3.8) is 0 Å². The lowest BCUT2D eigenvalue weighted by Gasteiger charge is -2.34. The molecule has 1 fully saturated rings. The largest absolute Gasteiger partial charge is 0.481 e. The van der Waals surface area contributed by atoms with Gasteiger partial charge in [0.15, 0.2) is 0 Å². The fraction of sp³-hybridized carbons (Fsp3) is 0.700. The molecule has 14 heavy (non-hydrogen) atoms. The van der Waals surface area contributed by atoms with E-state index in [-0.39, 0.29) is 6.10 Å².